The monoisotopic (exact) mass is 499 g/mol. The maximum Gasteiger partial charge on any atom is 0.293 e. The van der Waals surface area contributed by atoms with Crippen LogP contribution in [0.25, 0.3) is 0 Å². The molecule has 0 saturated carbocycles. The van der Waals surface area contributed by atoms with E-state index in [9.17, 15) is 9.59 Å². The van der Waals surface area contributed by atoms with Gasteiger partial charge in [-0.15, -0.1) is 24.8 Å². The van der Waals surface area contributed by atoms with E-state index in [-0.39, 0.29) is 67.8 Å². The number of nitrogens with one attached hydrogen (secondary N) is 2. The minimum Gasteiger partial charge on any atom is -0.391 e. The molecule has 0 unspecified atom stereocenters. The standard InChI is InChI=1S/C21H29N7O3.2ClH/c1-14-12-26-19(25-8-7-15-5-6-16-3-2-4-17(16)11-15)20(30)28(14)13-18(29)24-9-10-31-27-21(22)23;;/h5-6,11-12H,2-4,7-10,13H2,1H3,(H,24,29)(H,25,26)(H4,22,23,27);2*1H. The Hall–Kier alpha value is -2.98. The molecule has 1 aliphatic carbocycles. The van der Waals surface area contributed by atoms with Crippen LogP contribution in [-0.2, 0) is 35.4 Å². The van der Waals surface area contributed by atoms with Crippen LogP contribution in [0.4, 0.5) is 5.82 Å². The quantitative estimate of drug-likeness (QED) is 0.164. The molecule has 10 nitrogen and oxygen atoms in total. The fourth-order valence-electron chi connectivity index (χ4n) is 3.55. The summed E-state index contributed by atoms with van der Waals surface area (Å²) < 4.78 is 1.39. The number of oxime groups is 1. The zero-order valence-electron chi connectivity index (χ0n) is 18.5. The first kappa shape index (κ1) is 28.1. The van der Waals surface area contributed by atoms with Crippen LogP contribution in [0.15, 0.2) is 34.3 Å². The highest BCUT2D eigenvalue weighted by Crippen LogP contribution is 2.22. The van der Waals surface area contributed by atoms with Crippen LogP contribution in [0.2, 0.25) is 0 Å². The van der Waals surface area contributed by atoms with Crippen LogP contribution in [0.1, 0.15) is 28.8 Å². The predicted molar refractivity (Wildman–Crippen MR) is 133 cm³/mol. The number of nitrogens with two attached hydrogens (primary N) is 2. The van der Waals surface area contributed by atoms with Crippen LogP contribution in [0.5, 0.6) is 0 Å². The number of aryl methyl sites for hydroxylation is 3. The van der Waals surface area contributed by atoms with Crippen molar-refractivity contribution in [1.29, 1.82) is 0 Å². The van der Waals surface area contributed by atoms with Gasteiger partial charge in [-0.2, -0.15) is 0 Å². The lowest BCUT2D eigenvalue weighted by Crippen LogP contribution is -2.36. The number of carbonyl (C=O) groups excluding carboxylic acids is 1. The lowest BCUT2D eigenvalue weighted by Gasteiger charge is -2.12. The van der Waals surface area contributed by atoms with E-state index in [4.69, 9.17) is 16.3 Å². The van der Waals surface area contributed by atoms with Gasteiger partial charge in [-0.1, -0.05) is 18.2 Å². The number of benzene rings is 1. The normalized spacial score (nSPS) is 11.4. The number of halogens is 2. The third kappa shape index (κ3) is 8.14. The van der Waals surface area contributed by atoms with Crippen molar-refractivity contribution in [3.8, 4) is 0 Å². The number of aromatic nitrogens is 2. The number of anilines is 1. The van der Waals surface area contributed by atoms with E-state index in [1.807, 2.05) is 0 Å². The van der Waals surface area contributed by atoms with Gasteiger partial charge in [0.25, 0.3) is 5.56 Å². The van der Waals surface area contributed by atoms with Gasteiger partial charge >= 0.3 is 0 Å². The second kappa shape index (κ2) is 13.5. The summed E-state index contributed by atoms with van der Waals surface area (Å²) in [5.41, 5.74) is 14.7. The summed E-state index contributed by atoms with van der Waals surface area (Å²) in [5.74, 6) is -0.286. The Morgan fingerprint density at radius 1 is 1.21 bits per heavy atom. The predicted octanol–water partition coefficient (Wildman–Crippen LogP) is 0.860. The fourth-order valence-corrected chi connectivity index (χ4v) is 3.55. The Bertz CT molecular complexity index is 1020. The zero-order valence-corrected chi connectivity index (χ0v) is 20.1. The Morgan fingerprint density at radius 3 is 2.73 bits per heavy atom. The van der Waals surface area contributed by atoms with Crippen molar-refractivity contribution >= 4 is 42.5 Å². The van der Waals surface area contributed by atoms with E-state index in [2.05, 4.69) is 39.0 Å². The van der Waals surface area contributed by atoms with Gasteiger partial charge in [0.1, 0.15) is 13.2 Å². The van der Waals surface area contributed by atoms with Crippen molar-refractivity contribution in [1.82, 2.24) is 14.9 Å². The van der Waals surface area contributed by atoms with Crippen molar-refractivity contribution < 1.29 is 9.63 Å². The molecule has 1 amide bonds. The summed E-state index contributed by atoms with van der Waals surface area (Å²) in [6, 6.07) is 6.61. The van der Waals surface area contributed by atoms with Crippen molar-refractivity contribution in [2.24, 2.45) is 16.6 Å². The molecule has 0 radical (unpaired) electrons. The lowest BCUT2D eigenvalue weighted by atomic mass is 10.0. The highest BCUT2D eigenvalue weighted by atomic mass is 35.5. The number of guanidine groups is 1. The number of carbonyl (C=O) groups is 1. The number of hydrogen-bond acceptors (Lipinski definition) is 6. The van der Waals surface area contributed by atoms with Crippen LogP contribution in [-0.4, -0.2) is 41.1 Å². The van der Waals surface area contributed by atoms with Crippen LogP contribution >= 0.6 is 24.8 Å². The highest BCUT2D eigenvalue weighted by Gasteiger charge is 2.13. The Morgan fingerprint density at radius 2 is 1.97 bits per heavy atom. The minimum atomic E-state index is -0.333. The van der Waals surface area contributed by atoms with Gasteiger partial charge in [-0.05, 0) is 54.5 Å². The van der Waals surface area contributed by atoms with Gasteiger partial charge in [-0.25, -0.2) is 4.98 Å². The van der Waals surface area contributed by atoms with E-state index in [1.165, 1.54) is 27.7 Å². The molecule has 2 aromatic rings. The summed E-state index contributed by atoms with van der Waals surface area (Å²) in [6.45, 7) is 2.52. The molecule has 0 fully saturated rings. The maximum absolute atomic E-state index is 12.8. The van der Waals surface area contributed by atoms with E-state index in [0.29, 0.717) is 12.2 Å². The Labute approximate surface area is 205 Å². The molecule has 12 heteroatoms. The molecule has 0 atom stereocenters. The topological polar surface area (TPSA) is 150 Å². The minimum absolute atomic E-state index is 0. The molecule has 182 valence electrons. The highest BCUT2D eigenvalue weighted by molar-refractivity contribution is 5.85. The van der Waals surface area contributed by atoms with Crippen molar-refractivity contribution in [2.75, 3.05) is 25.0 Å². The molecule has 0 bridgehead atoms. The summed E-state index contributed by atoms with van der Waals surface area (Å²) in [7, 11) is 0. The van der Waals surface area contributed by atoms with Gasteiger partial charge < -0.3 is 26.9 Å². The molecule has 3 rings (SSSR count). The molecule has 1 aromatic carbocycles. The first-order valence-electron chi connectivity index (χ1n) is 10.3. The summed E-state index contributed by atoms with van der Waals surface area (Å²) in [5, 5.41) is 9.12. The first-order valence-corrected chi connectivity index (χ1v) is 10.3. The molecular weight excluding hydrogens is 469 g/mol. The van der Waals surface area contributed by atoms with Crippen molar-refractivity contribution in [3.63, 3.8) is 0 Å². The third-order valence-electron chi connectivity index (χ3n) is 5.11. The van der Waals surface area contributed by atoms with E-state index in [0.717, 1.165) is 19.3 Å². The third-order valence-corrected chi connectivity index (χ3v) is 5.11. The molecule has 1 heterocycles. The summed E-state index contributed by atoms with van der Waals surface area (Å²) >= 11 is 0. The number of rotatable bonds is 10. The van der Waals surface area contributed by atoms with E-state index < -0.39 is 0 Å². The molecule has 0 saturated heterocycles. The average Bonchev–Trinajstić information content (AvgIpc) is 3.20. The first-order chi connectivity index (χ1) is 14.9. The molecule has 0 aliphatic heterocycles. The molecule has 6 N–H and O–H groups in total. The van der Waals surface area contributed by atoms with Gasteiger partial charge in [0, 0.05) is 18.4 Å². The largest absolute Gasteiger partial charge is 0.391 e. The number of hydrogen-bond donors (Lipinski definition) is 4. The average molecular weight is 500 g/mol. The smallest absolute Gasteiger partial charge is 0.293 e. The second-order valence-corrected chi connectivity index (χ2v) is 7.47. The van der Waals surface area contributed by atoms with Crippen LogP contribution < -0.4 is 27.7 Å². The Kier molecular flexibility index (Phi) is 11.5. The molecular formula is C21H31Cl2N7O3. The number of nitrogens with zero attached hydrogens (tertiary/aromatic N) is 3. The Balaban J connectivity index is 0.00000272. The zero-order chi connectivity index (χ0) is 22.2. The van der Waals surface area contributed by atoms with Crippen LogP contribution in [0, 0.1) is 6.92 Å². The maximum atomic E-state index is 12.8. The molecule has 1 aliphatic rings. The van der Waals surface area contributed by atoms with Crippen LogP contribution in [0.3, 0.4) is 0 Å². The second-order valence-electron chi connectivity index (χ2n) is 7.47. The summed E-state index contributed by atoms with van der Waals surface area (Å²) in [6.07, 6.45) is 5.90. The lowest BCUT2D eigenvalue weighted by molar-refractivity contribution is -0.122. The van der Waals surface area contributed by atoms with Gasteiger partial charge in [-0.3, -0.25) is 14.2 Å². The van der Waals surface area contributed by atoms with Gasteiger partial charge in [0.15, 0.2) is 5.82 Å². The van der Waals surface area contributed by atoms with E-state index >= 15 is 0 Å². The van der Waals surface area contributed by atoms with Crippen molar-refractivity contribution in [3.05, 3.63) is 57.1 Å². The fraction of sp³-hybridized carbons (Fsp3) is 0.429. The molecule has 1 aromatic heterocycles. The molecule has 0 spiro atoms. The summed E-state index contributed by atoms with van der Waals surface area (Å²) in [4.78, 5) is 33.9. The number of fused-ring (bicyclic) bond motifs is 1. The van der Waals surface area contributed by atoms with E-state index in [1.54, 1.807) is 13.1 Å². The molecule has 33 heavy (non-hydrogen) atoms. The van der Waals surface area contributed by atoms with Crippen molar-refractivity contribution in [2.45, 2.75) is 39.2 Å². The van der Waals surface area contributed by atoms with Gasteiger partial charge in [0.05, 0.1) is 6.54 Å². The SMILES string of the molecule is Cc1cnc(NCCc2ccc3c(c2)CCC3)c(=O)n1CC(=O)NCCON=C(N)N.Cl.Cl. The number of amides is 1. The van der Waals surface area contributed by atoms with Gasteiger partial charge in [0.2, 0.25) is 11.9 Å².